The minimum Gasteiger partial charge on any atom is -0.750 e. The lowest BCUT2D eigenvalue weighted by molar-refractivity contribution is 0.142. The molecule has 0 bridgehead atoms. The number of benzene rings is 1. The van der Waals surface area contributed by atoms with Crippen molar-refractivity contribution in [3.05, 3.63) is 56.3 Å². The summed E-state index contributed by atoms with van der Waals surface area (Å²) in [7, 11) is 0. The van der Waals surface area contributed by atoms with Crippen LogP contribution < -0.4 is 0 Å². The molecule has 0 radical (unpaired) electrons. The quantitative estimate of drug-likeness (QED) is 0.314. The maximum absolute atomic E-state index is 10.6. The van der Waals surface area contributed by atoms with Gasteiger partial charge in [0.2, 0.25) is 0 Å². The number of azide groups is 2. The lowest BCUT2D eigenvalue weighted by Crippen LogP contribution is -2.47. The lowest BCUT2D eigenvalue weighted by Gasteiger charge is -2.36. The normalized spacial score (nSPS) is 15.6. The predicted molar refractivity (Wildman–Crippen MR) is 81.8 cm³/mol. The molecule has 124 valence electrons. The fourth-order valence-corrected chi connectivity index (χ4v) is 2.40. The van der Waals surface area contributed by atoms with Gasteiger partial charge in [0.05, 0.1) is 30.6 Å². The standard InChI is InChI=1S/C12H16N6O4S/c1-9-2-4-10(5-3-9)12(8-19,7-15-17-13)11(16-18-14)6-22-23(20)21/h2-5,11,19H,6-8H2,1H3,(H,20,21)/p-1. The fraction of sp³-hybridized carbons (Fsp3) is 0.500. The van der Waals surface area contributed by atoms with E-state index in [0.29, 0.717) is 5.56 Å². The number of aliphatic hydroxyl groups is 1. The summed E-state index contributed by atoms with van der Waals surface area (Å²) in [6, 6.07) is 5.83. The molecule has 0 saturated carbocycles. The molecule has 1 aromatic carbocycles. The van der Waals surface area contributed by atoms with E-state index in [4.69, 9.17) is 11.1 Å². The smallest absolute Gasteiger partial charge is 0.0842 e. The topological polar surface area (TPSA) is 167 Å². The van der Waals surface area contributed by atoms with Crippen LogP contribution in [0, 0.1) is 6.92 Å². The summed E-state index contributed by atoms with van der Waals surface area (Å²) < 4.78 is 25.7. The van der Waals surface area contributed by atoms with Crippen LogP contribution >= 0.6 is 0 Å². The summed E-state index contributed by atoms with van der Waals surface area (Å²) in [4.78, 5) is 5.34. The molecule has 3 atom stereocenters. The molecular weight excluding hydrogens is 324 g/mol. The third kappa shape index (κ3) is 4.93. The van der Waals surface area contributed by atoms with Gasteiger partial charge in [0, 0.05) is 21.8 Å². The minimum atomic E-state index is -2.81. The first kappa shape index (κ1) is 18.9. The van der Waals surface area contributed by atoms with E-state index in [1.54, 1.807) is 24.3 Å². The van der Waals surface area contributed by atoms with E-state index in [1.807, 2.05) is 6.92 Å². The van der Waals surface area contributed by atoms with Gasteiger partial charge in [0.25, 0.3) is 0 Å². The number of nitrogens with zero attached hydrogens (tertiary/aromatic N) is 6. The van der Waals surface area contributed by atoms with Gasteiger partial charge in [-0.1, -0.05) is 40.1 Å². The molecule has 11 heteroatoms. The van der Waals surface area contributed by atoms with Crippen LogP contribution in [0.4, 0.5) is 0 Å². The van der Waals surface area contributed by atoms with Crippen molar-refractivity contribution in [3.8, 4) is 0 Å². The maximum Gasteiger partial charge on any atom is 0.0842 e. The Morgan fingerprint density at radius 1 is 1.39 bits per heavy atom. The van der Waals surface area contributed by atoms with E-state index in [0.717, 1.165) is 5.56 Å². The third-order valence-electron chi connectivity index (χ3n) is 3.48. The Labute approximate surface area is 134 Å². The number of hydrogen-bond acceptors (Lipinski definition) is 6. The van der Waals surface area contributed by atoms with Crippen molar-refractivity contribution in [1.29, 1.82) is 0 Å². The molecular formula is C12H15N6O4S-. The summed E-state index contributed by atoms with van der Waals surface area (Å²) in [5, 5.41) is 16.9. The molecule has 1 aromatic rings. The predicted octanol–water partition coefficient (Wildman–Crippen LogP) is 2.03. The van der Waals surface area contributed by atoms with Crippen molar-refractivity contribution in [1.82, 2.24) is 0 Å². The molecule has 0 aliphatic rings. The average molecular weight is 339 g/mol. The molecule has 10 nitrogen and oxygen atoms in total. The van der Waals surface area contributed by atoms with Crippen LogP contribution in [-0.4, -0.2) is 39.7 Å². The molecule has 0 heterocycles. The summed E-state index contributed by atoms with van der Waals surface area (Å²) in [5.74, 6) is 0. The van der Waals surface area contributed by atoms with Crippen LogP contribution in [0.5, 0.6) is 0 Å². The van der Waals surface area contributed by atoms with Gasteiger partial charge in [-0.15, -0.1) is 0 Å². The number of aliphatic hydroxyl groups excluding tert-OH is 1. The molecule has 0 fully saturated rings. The van der Waals surface area contributed by atoms with Gasteiger partial charge in [-0.3, -0.25) is 0 Å². The van der Waals surface area contributed by atoms with Gasteiger partial charge in [-0.05, 0) is 23.5 Å². The van der Waals surface area contributed by atoms with Crippen molar-refractivity contribution in [3.63, 3.8) is 0 Å². The Balaban J connectivity index is 3.38. The van der Waals surface area contributed by atoms with E-state index in [1.165, 1.54) is 0 Å². The molecule has 0 saturated heterocycles. The van der Waals surface area contributed by atoms with E-state index < -0.39 is 36.0 Å². The molecule has 0 aliphatic carbocycles. The van der Waals surface area contributed by atoms with Gasteiger partial charge in [-0.25, -0.2) is 4.21 Å². The first-order valence-electron chi connectivity index (χ1n) is 6.45. The van der Waals surface area contributed by atoms with Gasteiger partial charge < -0.3 is 13.8 Å². The van der Waals surface area contributed by atoms with E-state index in [9.17, 15) is 13.9 Å². The van der Waals surface area contributed by atoms with E-state index in [-0.39, 0.29) is 6.54 Å². The highest BCUT2D eigenvalue weighted by atomic mass is 32.2. The molecule has 0 amide bonds. The third-order valence-corrected chi connectivity index (χ3v) is 3.80. The Kier molecular flexibility index (Phi) is 7.49. The Morgan fingerprint density at radius 3 is 2.52 bits per heavy atom. The summed E-state index contributed by atoms with van der Waals surface area (Å²) in [6.07, 6.45) is 0. The minimum absolute atomic E-state index is 0.235. The van der Waals surface area contributed by atoms with Crippen molar-refractivity contribution in [2.45, 2.75) is 18.4 Å². The number of hydrogen-bond donors (Lipinski definition) is 1. The largest absolute Gasteiger partial charge is 0.750 e. The Hall–Kier alpha value is -2.13. The highest BCUT2D eigenvalue weighted by molar-refractivity contribution is 7.74. The second-order valence-electron chi connectivity index (χ2n) is 4.78. The van der Waals surface area contributed by atoms with Gasteiger partial charge >= 0.3 is 0 Å². The van der Waals surface area contributed by atoms with Gasteiger partial charge in [-0.2, -0.15) is 0 Å². The second kappa shape index (κ2) is 9.11. The van der Waals surface area contributed by atoms with Crippen LogP contribution in [0.1, 0.15) is 11.1 Å². The zero-order valence-electron chi connectivity index (χ0n) is 12.3. The SMILES string of the molecule is Cc1ccc(C(CO)(CN=[N+]=[N-])C(COS(=O)[O-])N=[N+]=[N-])cc1. The maximum atomic E-state index is 10.6. The Morgan fingerprint density at radius 2 is 2.04 bits per heavy atom. The molecule has 23 heavy (non-hydrogen) atoms. The molecule has 0 aromatic heterocycles. The summed E-state index contributed by atoms with van der Waals surface area (Å²) in [6.45, 7) is 0.608. The monoisotopic (exact) mass is 339 g/mol. The lowest BCUT2D eigenvalue weighted by atomic mass is 9.75. The highest BCUT2D eigenvalue weighted by Crippen LogP contribution is 2.31. The first-order valence-corrected chi connectivity index (χ1v) is 7.45. The molecule has 1 N–H and O–H groups in total. The number of rotatable bonds is 9. The van der Waals surface area contributed by atoms with Gasteiger partial charge in [0.1, 0.15) is 0 Å². The summed E-state index contributed by atoms with van der Waals surface area (Å²) >= 11 is -2.81. The van der Waals surface area contributed by atoms with Crippen LogP contribution in [0.25, 0.3) is 20.9 Å². The molecule has 1 rings (SSSR count). The van der Waals surface area contributed by atoms with E-state index in [2.05, 4.69) is 24.2 Å². The van der Waals surface area contributed by atoms with Crippen LogP contribution in [-0.2, 0) is 21.0 Å². The zero-order valence-corrected chi connectivity index (χ0v) is 13.1. The van der Waals surface area contributed by atoms with Crippen molar-refractivity contribution < 1.29 is 18.1 Å². The van der Waals surface area contributed by atoms with Crippen LogP contribution in [0.15, 0.2) is 34.5 Å². The molecule has 0 spiro atoms. The van der Waals surface area contributed by atoms with Crippen molar-refractivity contribution >= 4 is 11.4 Å². The van der Waals surface area contributed by atoms with E-state index >= 15 is 0 Å². The van der Waals surface area contributed by atoms with Crippen LogP contribution in [0.2, 0.25) is 0 Å². The molecule has 3 unspecified atom stereocenters. The highest BCUT2D eigenvalue weighted by Gasteiger charge is 2.39. The first-order chi connectivity index (χ1) is 11.0. The average Bonchev–Trinajstić information content (AvgIpc) is 2.54. The van der Waals surface area contributed by atoms with Gasteiger partial charge in [0.15, 0.2) is 0 Å². The fourth-order valence-electron chi connectivity index (χ4n) is 2.16. The molecule has 0 aliphatic heterocycles. The summed E-state index contributed by atoms with van der Waals surface area (Å²) in [5.41, 5.74) is 17.5. The number of aryl methyl sites for hydroxylation is 1. The second-order valence-corrected chi connectivity index (χ2v) is 5.42. The van der Waals surface area contributed by atoms with Crippen LogP contribution in [0.3, 0.4) is 0 Å². The zero-order chi connectivity index (χ0) is 17.3. The van der Waals surface area contributed by atoms with Crippen molar-refractivity contribution in [2.75, 3.05) is 19.8 Å². The van der Waals surface area contributed by atoms with Crippen molar-refractivity contribution in [2.24, 2.45) is 10.2 Å². The Bertz CT molecular complexity index is 641.